The van der Waals surface area contributed by atoms with Gasteiger partial charge in [0.15, 0.2) is 0 Å². The van der Waals surface area contributed by atoms with Gasteiger partial charge in [-0.1, -0.05) is 60.7 Å². The number of carbonyl (C=O) groups excluding carboxylic acids is 1. The lowest BCUT2D eigenvalue weighted by molar-refractivity contribution is -0.127. The Morgan fingerprint density at radius 2 is 1.75 bits per heavy atom. The summed E-state index contributed by atoms with van der Waals surface area (Å²) < 4.78 is 0. The van der Waals surface area contributed by atoms with Gasteiger partial charge in [-0.3, -0.25) is 4.79 Å². The number of aromatic nitrogens is 4. The normalized spacial score (nSPS) is 26.1. The number of aromatic amines is 1. The lowest BCUT2D eigenvalue weighted by Gasteiger charge is -2.56. The third-order valence-corrected chi connectivity index (χ3v) is 8.38. The molecule has 36 heavy (non-hydrogen) atoms. The minimum absolute atomic E-state index is 0.0443. The maximum atomic E-state index is 13.6. The zero-order chi connectivity index (χ0) is 24.8. The lowest BCUT2D eigenvalue weighted by Crippen LogP contribution is -2.63. The van der Waals surface area contributed by atoms with Gasteiger partial charge in [0.1, 0.15) is 11.3 Å². The van der Waals surface area contributed by atoms with Crippen molar-refractivity contribution < 1.29 is 9.90 Å². The summed E-state index contributed by atoms with van der Waals surface area (Å²) >= 11 is 0. The zero-order valence-corrected chi connectivity index (χ0v) is 20.0. The molecule has 7 rings (SSSR count). The summed E-state index contributed by atoms with van der Waals surface area (Å²) in [5, 5.41) is 25.6. The first-order chi connectivity index (χ1) is 17.5. The molecule has 0 spiro atoms. The molecule has 5 N–H and O–H groups in total. The number of carbonyl (C=O) groups is 1. The molecule has 3 aliphatic rings. The number of nitrogens with two attached hydrogens (primary N) is 1. The largest absolute Gasteiger partial charge is 0.392 e. The number of rotatable bonds is 6. The number of nitrogens with one attached hydrogen (secondary N) is 2. The maximum absolute atomic E-state index is 13.6. The Balaban J connectivity index is 1.26. The van der Waals surface area contributed by atoms with Crippen LogP contribution in [-0.2, 0) is 10.2 Å². The number of hydrogen-bond donors (Lipinski definition) is 4. The van der Waals surface area contributed by atoms with Gasteiger partial charge in [0.2, 0.25) is 11.6 Å². The maximum Gasteiger partial charge on any atom is 0.221 e. The Bertz CT molecular complexity index is 1380. The van der Waals surface area contributed by atoms with Crippen molar-refractivity contribution in [1.82, 2.24) is 25.7 Å². The molecule has 2 atom stereocenters. The van der Waals surface area contributed by atoms with E-state index in [1.54, 1.807) is 6.07 Å². The summed E-state index contributed by atoms with van der Waals surface area (Å²) in [5.41, 5.74) is 9.55. The number of pyridine rings is 1. The second-order valence-corrected chi connectivity index (χ2v) is 10.4. The average molecular weight is 483 g/mol. The minimum Gasteiger partial charge on any atom is -0.392 e. The van der Waals surface area contributed by atoms with E-state index in [9.17, 15) is 9.90 Å². The molecule has 2 aromatic carbocycles. The van der Waals surface area contributed by atoms with E-state index in [0.717, 1.165) is 36.8 Å². The van der Waals surface area contributed by atoms with E-state index >= 15 is 0 Å². The molecular weight excluding hydrogens is 452 g/mol. The van der Waals surface area contributed by atoms with Crippen LogP contribution in [0, 0.1) is 0 Å². The topological polar surface area (TPSA) is 130 Å². The second-order valence-electron chi connectivity index (χ2n) is 10.4. The molecule has 3 fully saturated rings. The van der Waals surface area contributed by atoms with Crippen LogP contribution in [0.3, 0.4) is 0 Å². The Kier molecular flexibility index (Phi) is 5.48. The van der Waals surface area contributed by atoms with Crippen molar-refractivity contribution in [3.63, 3.8) is 0 Å². The minimum atomic E-state index is -0.484. The predicted molar refractivity (Wildman–Crippen MR) is 137 cm³/mol. The highest BCUT2D eigenvalue weighted by Gasteiger charge is 2.55. The lowest BCUT2D eigenvalue weighted by atomic mass is 9.53. The number of H-pyrrole nitrogens is 1. The Hall–Kier alpha value is -3.78. The van der Waals surface area contributed by atoms with Crippen LogP contribution in [0.25, 0.3) is 11.2 Å². The van der Waals surface area contributed by atoms with Gasteiger partial charge in [-0.25, -0.2) is 4.98 Å². The molecule has 2 aromatic heterocycles. The van der Waals surface area contributed by atoms with Crippen LogP contribution in [0.15, 0.2) is 66.7 Å². The highest BCUT2D eigenvalue weighted by Crippen LogP contribution is 2.53. The van der Waals surface area contributed by atoms with Crippen molar-refractivity contribution in [1.29, 1.82) is 0 Å². The molecule has 1 amide bonds. The molecule has 0 radical (unpaired) electrons. The first kappa shape index (κ1) is 22.7. The van der Waals surface area contributed by atoms with Crippen LogP contribution in [0.2, 0.25) is 0 Å². The summed E-state index contributed by atoms with van der Waals surface area (Å²) in [6.45, 7) is 0. The quantitative estimate of drug-likeness (QED) is 0.332. The third-order valence-electron chi connectivity index (χ3n) is 8.38. The number of hydrogen-bond acceptors (Lipinski definition) is 6. The molecule has 2 heterocycles. The smallest absolute Gasteiger partial charge is 0.221 e. The van der Waals surface area contributed by atoms with Gasteiger partial charge in [0, 0.05) is 23.3 Å². The number of aliphatic hydroxyl groups is 1. The third kappa shape index (κ3) is 3.82. The number of nitrogens with zero attached hydrogens (tertiary/aromatic N) is 3. The summed E-state index contributed by atoms with van der Waals surface area (Å²) in [6, 6.07) is 22.0. The fourth-order valence-electron chi connectivity index (χ4n) is 6.47. The predicted octanol–water partition coefficient (Wildman–Crippen LogP) is 3.59. The van der Waals surface area contributed by atoms with Crippen LogP contribution in [-0.4, -0.2) is 43.1 Å². The van der Waals surface area contributed by atoms with Gasteiger partial charge >= 0.3 is 0 Å². The summed E-state index contributed by atoms with van der Waals surface area (Å²) in [6.07, 6.45) is 3.76. The number of amides is 1. The van der Waals surface area contributed by atoms with Crippen molar-refractivity contribution in [3.05, 3.63) is 83.4 Å². The van der Waals surface area contributed by atoms with Crippen molar-refractivity contribution in [2.24, 2.45) is 0 Å². The number of fused-ring (bicyclic) bond motifs is 4. The van der Waals surface area contributed by atoms with E-state index < -0.39 is 6.10 Å². The van der Waals surface area contributed by atoms with Crippen LogP contribution >= 0.6 is 0 Å². The first-order valence-corrected chi connectivity index (χ1v) is 12.5. The number of nitrogen functional groups attached to an aromatic ring is 1. The molecule has 0 aliphatic heterocycles. The van der Waals surface area contributed by atoms with Gasteiger partial charge in [0.25, 0.3) is 0 Å². The van der Waals surface area contributed by atoms with E-state index in [1.807, 2.05) is 48.5 Å². The molecule has 3 saturated carbocycles. The fraction of sp³-hybridized carbons (Fsp3) is 0.357. The molecule has 184 valence electrons. The van der Waals surface area contributed by atoms with E-state index in [1.165, 1.54) is 5.56 Å². The van der Waals surface area contributed by atoms with Crippen molar-refractivity contribution in [3.8, 4) is 0 Å². The van der Waals surface area contributed by atoms with Gasteiger partial charge in [-0.05, 0) is 54.9 Å². The Morgan fingerprint density at radius 3 is 2.44 bits per heavy atom. The molecule has 2 bridgehead atoms. The molecule has 8 heteroatoms. The Morgan fingerprint density at radius 1 is 1.06 bits per heavy atom. The van der Waals surface area contributed by atoms with Gasteiger partial charge < -0.3 is 16.2 Å². The standard InChI is InChI=1S/C28H30N6O2/c29-23-15-21(25-26(30-23)33-34-32-25)20(18-7-3-1-4-8-18)16-24(36)31-27-11-13-28(14-12-27,22(35)17-27)19-9-5-2-6-10-19/h1-10,15,20,22,35H,11-14,16-17H2,(H,31,36)(H3,29,30,32,33,34)/t20-,22?,27?,28?/m1/s1. The van der Waals surface area contributed by atoms with Crippen LogP contribution < -0.4 is 11.1 Å². The van der Waals surface area contributed by atoms with Crippen molar-refractivity contribution >= 4 is 22.9 Å². The van der Waals surface area contributed by atoms with E-state index in [4.69, 9.17) is 5.73 Å². The molecule has 3 aliphatic carbocycles. The molecule has 8 nitrogen and oxygen atoms in total. The van der Waals surface area contributed by atoms with Crippen LogP contribution in [0.1, 0.15) is 61.1 Å². The van der Waals surface area contributed by atoms with Gasteiger partial charge in [-0.2, -0.15) is 10.3 Å². The zero-order valence-electron chi connectivity index (χ0n) is 20.0. The molecule has 4 aromatic rings. The Labute approximate surface area is 209 Å². The number of aliphatic hydroxyl groups excluding tert-OH is 1. The second kappa shape index (κ2) is 8.71. The van der Waals surface area contributed by atoms with Crippen molar-refractivity contribution in [2.45, 2.75) is 61.5 Å². The van der Waals surface area contributed by atoms with Gasteiger partial charge in [-0.15, -0.1) is 5.10 Å². The molecule has 1 unspecified atom stereocenters. The van der Waals surface area contributed by atoms with E-state index in [-0.39, 0.29) is 29.2 Å². The monoisotopic (exact) mass is 482 g/mol. The first-order valence-electron chi connectivity index (χ1n) is 12.5. The van der Waals surface area contributed by atoms with Gasteiger partial charge in [0.05, 0.1) is 6.10 Å². The highest BCUT2D eigenvalue weighted by atomic mass is 16.3. The summed E-state index contributed by atoms with van der Waals surface area (Å²) in [4.78, 5) is 17.8. The summed E-state index contributed by atoms with van der Waals surface area (Å²) in [5.74, 6) is 0.0319. The molecular formula is C28H30N6O2. The molecule has 0 saturated heterocycles. The van der Waals surface area contributed by atoms with E-state index in [0.29, 0.717) is 23.4 Å². The van der Waals surface area contributed by atoms with Crippen LogP contribution in [0.4, 0.5) is 5.82 Å². The number of benzene rings is 2. The van der Waals surface area contributed by atoms with Crippen molar-refractivity contribution in [2.75, 3.05) is 5.73 Å². The fourth-order valence-corrected chi connectivity index (χ4v) is 6.47. The van der Waals surface area contributed by atoms with Crippen LogP contribution in [0.5, 0.6) is 0 Å². The SMILES string of the molecule is Nc1cc([C@H](CC(=O)NC23CCC(c4ccccc4)(CC2)C(O)C3)c2ccccc2)c2n[nH]nc2n1. The van der Waals surface area contributed by atoms with E-state index in [2.05, 4.69) is 37.8 Å². The average Bonchev–Trinajstić information content (AvgIpc) is 3.37. The highest BCUT2D eigenvalue weighted by molar-refractivity contribution is 5.82. The summed E-state index contributed by atoms with van der Waals surface area (Å²) in [7, 11) is 0. The number of anilines is 1.